The number of fused-ring (bicyclic) bond motifs is 10. The Labute approximate surface area is 258 Å². The van der Waals surface area contributed by atoms with Crippen LogP contribution in [-0.4, -0.2) is 4.98 Å². The average Bonchev–Trinajstić information content (AvgIpc) is 3.38. The lowest BCUT2D eigenvalue weighted by molar-refractivity contribution is 0.563. The number of benzene rings is 6. The Kier molecular flexibility index (Phi) is 5.23. The van der Waals surface area contributed by atoms with Gasteiger partial charge in [-0.3, -0.25) is 4.98 Å². The van der Waals surface area contributed by atoms with Gasteiger partial charge in [-0.25, -0.2) is 0 Å². The summed E-state index contributed by atoms with van der Waals surface area (Å²) in [5, 5.41) is 1.16. The van der Waals surface area contributed by atoms with Gasteiger partial charge in [-0.05, 0) is 79.4 Å². The van der Waals surface area contributed by atoms with Gasteiger partial charge in [0.1, 0.15) is 0 Å². The van der Waals surface area contributed by atoms with Crippen LogP contribution in [-0.2, 0) is 10.8 Å². The lowest BCUT2D eigenvalue weighted by Gasteiger charge is -2.46. The van der Waals surface area contributed by atoms with Crippen molar-refractivity contribution in [3.63, 3.8) is 0 Å². The molecule has 6 aromatic carbocycles. The lowest BCUT2D eigenvalue weighted by Crippen LogP contribution is -2.40. The zero-order chi connectivity index (χ0) is 29.5. The van der Waals surface area contributed by atoms with Gasteiger partial charge in [0.15, 0.2) is 0 Å². The molecule has 44 heavy (non-hydrogen) atoms. The van der Waals surface area contributed by atoms with Crippen molar-refractivity contribution in [2.24, 2.45) is 0 Å². The van der Waals surface area contributed by atoms with Crippen LogP contribution in [0.3, 0.4) is 0 Å². The zero-order valence-corrected chi connectivity index (χ0v) is 24.9. The summed E-state index contributed by atoms with van der Waals surface area (Å²) in [7, 11) is 0. The van der Waals surface area contributed by atoms with Crippen molar-refractivity contribution in [1.29, 1.82) is 0 Å². The van der Waals surface area contributed by atoms with Crippen LogP contribution in [0.1, 0.15) is 47.2 Å². The molecule has 0 atom stereocenters. The van der Waals surface area contributed by atoms with Gasteiger partial charge in [0.25, 0.3) is 0 Å². The van der Waals surface area contributed by atoms with Crippen LogP contribution in [0.4, 0.5) is 0 Å². The van der Waals surface area contributed by atoms with E-state index in [1.807, 2.05) is 12.3 Å². The molecule has 1 aromatic heterocycles. The highest BCUT2D eigenvalue weighted by Crippen LogP contribution is 2.62. The van der Waals surface area contributed by atoms with E-state index in [2.05, 4.69) is 153 Å². The summed E-state index contributed by atoms with van der Waals surface area (Å²) >= 11 is 0. The maximum absolute atomic E-state index is 4.73. The number of nitrogens with zero attached hydrogens (tertiary/aromatic N) is 1. The normalized spacial score (nSPS) is 15.0. The Morgan fingerprint density at radius 3 is 1.75 bits per heavy atom. The number of aromatic nitrogens is 1. The fourth-order valence-electron chi connectivity index (χ4n) is 8.25. The first-order chi connectivity index (χ1) is 21.6. The fourth-order valence-corrected chi connectivity index (χ4v) is 8.25. The summed E-state index contributed by atoms with van der Waals surface area (Å²) < 4.78 is 0. The Balaban J connectivity index is 1.28. The predicted molar refractivity (Wildman–Crippen MR) is 182 cm³/mol. The van der Waals surface area contributed by atoms with Crippen molar-refractivity contribution in [3.05, 3.63) is 185 Å². The largest absolute Gasteiger partial charge is 0.256 e. The van der Waals surface area contributed by atoms with Gasteiger partial charge in [-0.15, -0.1) is 0 Å². The van der Waals surface area contributed by atoms with E-state index in [0.717, 1.165) is 16.5 Å². The monoisotopic (exact) mass is 561 g/mol. The van der Waals surface area contributed by atoms with Crippen LogP contribution < -0.4 is 0 Å². The van der Waals surface area contributed by atoms with E-state index < -0.39 is 0 Å². The lowest BCUT2D eigenvalue weighted by atomic mass is 9.55. The molecule has 1 heterocycles. The van der Waals surface area contributed by atoms with Crippen molar-refractivity contribution < 1.29 is 0 Å². The first-order valence-electron chi connectivity index (χ1n) is 15.5. The molecule has 0 bridgehead atoms. The topological polar surface area (TPSA) is 12.9 Å². The van der Waals surface area contributed by atoms with Crippen molar-refractivity contribution in [2.75, 3.05) is 0 Å². The third kappa shape index (κ3) is 3.27. The van der Waals surface area contributed by atoms with Gasteiger partial charge in [0, 0.05) is 22.6 Å². The van der Waals surface area contributed by atoms with Gasteiger partial charge in [-0.2, -0.15) is 0 Å². The molecule has 208 valence electrons. The third-order valence-electron chi connectivity index (χ3n) is 10.2. The summed E-state index contributed by atoms with van der Waals surface area (Å²) in [6.45, 7) is 4.75. The molecular weight excluding hydrogens is 530 g/mol. The number of rotatable bonds is 2. The molecule has 7 aromatic rings. The second-order valence-corrected chi connectivity index (χ2v) is 12.7. The molecule has 0 saturated heterocycles. The molecule has 1 nitrogen and oxygen atoms in total. The van der Waals surface area contributed by atoms with Gasteiger partial charge in [-0.1, -0.05) is 141 Å². The summed E-state index contributed by atoms with van der Waals surface area (Å²) in [6, 6.07) is 54.0. The van der Waals surface area contributed by atoms with Crippen LogP contribution in [0.2, 0.25) is 0 Å². The Hall–Kier alpha value is -5.27. The van der Waals surface area contributed by atoms with E-state index >= 15 is 0 Å². The molecule has 1 spiro atoms. The summed E-state index contributed by atoms with van der Waals surface area (Å²) in [4.78, 5) is 4.73. The highest BCUT2D eigenvalue weighted by Gasteiger charge is 2.53. The molecule has 0 unspecified atom stereocenters. The zero-order valence-electron chi connectivity index (χ0n) is 24.9. The third-order valence-corrected chi connectivity index (χ3v) is 10.2. The van der Waals surface area contributed by atoms with E-state index in [4.69, 9.17) is 4.98 Å². The van der Waals surface area contributed by atoms with Crippen molar-refractivity contribution in [3.8, 4) is 33.4 Å². The van der Waals surface area contributed by atoms with Crippen LogP contribution >= 0.6 is 0 Å². The molecule has 0 N–H and O–H groups in total. The molecule has 1 heteroatoms. The molecule has 0 aliphatic heterocycles. The Morgan fingerprint density at radius 1 is 0.409 bits per heavy atom. The van der Waals surface area contributed by atoms with E-state index in [1.54, 1.807) is 0 Å². The standard InChI is InChI=1S/C43H31N/c1-42(2)37-19-5-7-21-39(37)43(40-22-8-6-20-38(40)42)35-18-4-3-16-33(35)34-27-30(23-24-36(34)43)29-13-9-14-31(26-29)32-17-10-12-28-15-11-25-44-41(28)32/h3-27H,1-2H3. The van der Waals surface area contributed by atoms with Crippen LogP contribution in [0.25, 0.3) is 44.3 Å². The second-order valence-electron chi connectivity index (χ2n) is 12.7. The smallest absolute Gasteiger partial charge is 0.0780 e. The minimum atomic E-state index is -0.358. The summed E-state index contributed by atoms with van der Waals surface area (Å²) in [6.07, 6.45) is 1.88. The van der Waals surface area contributed by atoms with E-state index in [1.165, 1.54) is 61.2 Å². The summed E-state index contributed by atoms with van der Waals surface area (Å²) in [5.74, 6) is 0. The molecule has 2 aliphatic rings. The van der Waals surface area contributed by atoms with Crippen molar-refractivity contribution in [2.45, 2.75) is 24.7 Å². The maximum atomic E-state index is 4.73. The number of hydrogen-bond donors (Lipinski definition) is 0. The van der Waals surface area contributed by atoms with Crippen molar-refractivity contribution >= 4 is 10.9 Å². The van der Waals surface area contributed by atoms with Gasteiger partial charge >= 0.3 is 0 Å². The van der Waals surface area contributed by atoms with Gasteiger partial charge in [0.05, 0.1) is 10.9 Å². The highest BCUT2D eigenvalue weighted by atomic mass is 14.6. The molecule has 2 aliphatic carbocycles. The second kappa shape index (κ2) is 9.11. The molecule has 0 radical (unpaired) electrons. The molecule has 0 amide bonds. The van der Waals surface area contributed by atoms with E-state index in [-0.39, 0.29) is 10.8 Å². The van der Waals surface area contributed by atoms with Gasteiger partial charge < -0.3 is 0 Å². The maximum Gasteiger partial charge on any atom is 0.0780 e. The summed E-state index contributed by atoms with van der Waals surface area (Å²) in [5.41, 5.74) is 16.4. The first kappa shape index (κ1) is 25.2. The van der Waals surface area contributed by atoms with Crippen LogP contribution in [0.15, 0.2) is 152 Å². The van der Waals surface area contributed by atoms with Crippen LogP contribution in [0, 0.1) is 0 Å². The Bertz CT molecular complexity index is 2220. The van der Waals surface area contributed by atoms with E-state index in [0.29, 0.717) is 0 Å². The fraction of sp³-hybridized carbons (Fsp3) is 0.0930. The quantitative estimate of drug-likeness (QED) is 0.205. The first-order valence-corrected chi connectivity index (χ1v) is 15.5. The van der Waals surface area contributed by atoms with Gasteiger partial charge in [0.2, 0.25) is 0 Å². The molecule has 0 saturated carbocycles. The SMILES string of the molecule is CC1(C)c2ccccc2C2(c3ccccc3-c3cc(-c4cccc(-c5cccc6cccnc56)c4)ccc32)c2ccccc21. The minimum absolute atomic E-state index is 0.0903. The highest BCUT2D eigenvalue weighted by molar-refractivity contribution is 5.95. The van der Waals surface area contributed by atoms with Crippen LogP contribution in [0.5, 0.6) is 0 Å². The number of pyridine rings is 1. The predicted octanol–water partition coefficient (Wildman–Crippen LogP) is 10.6. The Morgan fingerprint density at radius 2 is 0.977 bits per heavy atom. The number of hydrogen-bond acceptors (Lipinski definition) is 1. The molecular formula is C43H31N. The molecule has 0 fully saturated rings. The average molecular weight is 562 g/mol. The number of para-hydroxylation sites is 1. The van der Waals surface area contributed by atoms with Crippen molar-refractivity contribution in [1.82, 2.24) is 4.98 Å². The molecule has 9 rings (SSSR count). The minimum Gasteiger partial charge on any atom is -0.256 e. The van der Waals surface area contributed by atoms with E-state index in [9.17, 15) is 0 Å².